The highest BCUT2D eigenvalue weighted by atomic mass is 16.5. The summed E-state index contributed by atoms with van der Waals surface area (Å²) in [4.78, 5) is 49.5. The largest absolute Gasteiger partial charge is 0.458 e. The summed E-state index contributed by atoms with van der Waals surface area (Å²) in [5, 5.41) is 11.4. The minimum atomic E-state index is -1.63. The van der Waals surface area contributed by atoms with Crippen molar-refractivity contribution < 1.29 is 29.0 Å². The molecule has 0 unspecified atom stereocenters. The van der Waals surface area contributed by atoms with Crippen LogP contribution in [0.4, 0.5) is 0 Å². The number of hydrogen-bond acceptors (Lipinski definition) is 6. The van der Waals surface area contributed by atoms with Gasteiger partial charge in [-0.2, -0.15) is 0 Å². The van der Waals surface area contributed by atoms with Crippen molar-refractivity contribution in [3.63, 3.8) is 0 Å². The fraction of sp³-hybridized carbons (Fsp3) is 0.826. The van der Waals surface area contributed by atoms with Gasteiger partial charge in [-0.25, -0.2) is 0 Å². The van der Waals surface area contributed by atoms with E-state index in [-0.39, 0.29) is 41.3 Å². The smallest absolute Gasteiger partial charge is 0.303 e. The first-order chi connectivity index (χ1) is 13.5. The van der Waals surface area contributed by atoms with Crippen molar-refractivity contribution in [1.82, 2.24) is 0 Å². The second kappa shape index (κ2) is 6.73. The summed E-state index contributed by atoms with van der Waals surface area (Å²) in [7, 11) is 0. The van der Waals surface area contributed by atoms with Gasteiger partial charge in [0.1, 0.15) is 17.2 Å². The Bertz CT molecular complexity index is 773. The molecule has 29 heavy (non-hydrogen) atoms. The molecule has 4 aliphatic carbocycles. The molecule has 0 aromatic carbocycles. The van der Waals surface area contributed by atoms with E-state index in [0.29, 0.717) is 31.5 Å². The van der Waals surface area contributed by atoms with Gasteiger partial charge in [-0.3, -0.25) is 19.2 Å². The quantitative estimate of drug-likeness (QED) is 0.726. The summed E-state index contributed by atoms with van der Waals surface area (Å²) in [5.74, 6) is -0.187. The molecule has 0 aliphatic heterocycles. The van der Waals surface area contributed by atoms with Gasteiger partial charge in [-0.1, -0.05) is 13.8 Å². The molecule has 0 saturated heterocycles. The van der Waals surface area contributed by atoms with Gasteiger partial charge in [-0.05, 0) is 55.3 Å². The monoisotopic (exact) mass is 404 g/mol. The van der Waals surface area contributed by atoms with E-state index in [2.05, 4.69) is 6.92 Å². The maximum atomic E-state index is 13.5. The molecule has 4 rings (SSSR count). The van der Waals surface area contributed by atoms with Crippen LogP contribution >= 0.6 is 0 Å². The second-order valence-corrected chi connectivity index (χ2v) is 10.4. The number of rotatable bonds is 3. The van der Waals surface area contributed by atoms with Crippen molar-refractivity contribution in [3.8, 4) is 0 Å². The number of carbonyl (C=O) groups is 4. The maximum Gasteiger partial charge on any atom is 0.303 e. The molecule has 7 atom stereocenters. The first kappa shape index (κ1) is 20.7. The van der Waals surface area contributed by atoms with Gasteiger partial charge in [0.2, 0.25) is 5.78 Å². The maximum absolute atomic E-state index is 13.5. The number of ether oxygens (including phenoxy) is 1. The molecule has 0 spiro atoms. The lowest BCUT2D eigenvalue weighted by Gasteiger charge is -2.59. The predicted octanol–water partition coefficient (Wildman–Crippen LogP) is 2.64. The van der Waals surface area contributed by atoms with E-state index in [1.54, 1.807) is 0 Å². The molecule has 4 saturated carbocycles. The molecule has 4 aliphatic rings. The Morgan fingerprint density at radius 1 is 1.14 bits per heavy atom. The summed E-state index contributed by atoms with van der Waals surface area (Å²) < 4.78 is 4.87. The van der Waals surface area contributed by atoms with Crippen LogP contribution in [0.2, 0.25) is 0 Å². The topological polar surface area (TPSA) is 97.7 Å². The van der Waals surface area contributed by atoms with Gasteiger partial charge in [0.05, 0.1) is 0 Å². The average Bonchev–Trinajstić information content (AvgIpc) is 2.91. The Morgan fingerprint density at radius 2 is 1.86 bits per heavy atom. The zero-order chi connectivity index (χ0) is 21.2. The molecular formula is C23H32O6. The van der Waals surface area contributed by atoms with Crippen LogP contribution in [0.1, 0.15) is 72.1 Å². The Kier molecular flexibility index (Phi) is 4.80. The van der Waals surface area contributed by atoms with E-state index in [1.165, 1.54) is 6.92 Å². The first-order valence-electron chi connectivity index (χ1n) is 11.0. The highest BCUT2D eigenvalue weighted by Gasteiger charge is 2.69. The number of hydrogen-bond donors (Lipinski definition) is 1. The van der Waals surface area contributed by atoms with Gasteiger partial charge < -0.3 is 9.84 Å². The van der Waals surface area contributed by atoms with Crippen LogP contribution in [-0.2, 0) is 23.9 Å². The summed E-state index contributed by atoms with van der Waals surface area (Å²) in [5.41, 5.74) is -2.61. The molecule has 0 heterocycles. The van der Waals surface area contributed by atoms with Crippen LogP contribution in [0.25, 0.3) is 0 Å². The van der Waals surface area contributed by atoms with Crippen LogP contribution in [0.15, 0.2) is 0 Å². The second-order valence-electron chi connectivity index (χ2n) is 10.4. The molecule has 0 aromatic heterocycles. The fourth-order valence-corrected chi connectivity index (χ4v) is 7.61. The number of ketones is 3. The van der Waals surface area contributed by atoms with Crippen molar-refractivity contribution in [1.29, 1.82) is 0 Å². The number of fused-ring (bicyclic) bond motifs is 5. The van der Waals surface area contributed by atoms with E-state index < -0.39 is 29.4 Å². The van der Waals surface area contributed by atoms with E-state index >= 15 is 0 Å². The van der Waals surface area contributed by atoms with Crippen molar-refractivity contribution in [2.75, 3.05) is 6.61 Å². The molecule has 0 bridgehead atoms. The average molecular weight is 405 g/mol. The van der Waals surface area contributed by atoms with Crippen molar-refractivity contribution in [2.45, 2.75) is 77.7 Å². The first-order valence-corrected chi connectivity index (χ1v) is 11.0. The Morgan fingerprint density at radius 3 is 2.55 bits per heavy atom. The van der Waals surface area contributed by atoms with Crippen molar-refractivity contribution >= 4 is 23.3 Å². The standard InChI is InChI=1S/C23H32O6/c1-13(24)29-12-19(27)23(28)9-7-17-16-5-4-14-10-15(25)6-8-21(14,2)20(16)18(26)11-22(17,23)3/h14,16-17,20,28H,4-12H2,1-3H3/t14-,16-,17+,20-,21-,22+,23-/m0/s1. The van der Waals surface area contributed by atoms with E-state index in [9.17, 15) is 24.3 Å². The number of Topliss-reactive ketones (excluding diaryl/α,β-unsaturated/α-hetero) is 3. The molecule has 4 fully saturated rings. The summed E-state index contributed by atoms with van der Waals surface area (Å²) in [6, 6.07) is 0. The summed E-state index contributed by atoms with van der Waals surface area (Å²) in [6.07, 6.45) is 4.90. The van der Waals surface area contributed by atoms with Crippen molar-refractivity contribution in [2.24, 2.45) is 34.5 Å². The lowest BCUT2D eigenvalue weighted by molar-refractivity contribution is -0.180. The number of carbonyl (C=O) groups excluding carboxylic acids is 4. The molecule has 0 amide bonds. The molecule has 1 N–H and O–H groups in total. The number of aliphatic hydroxyl groups is 1. The summed E-state index contributed by atoms with van der Waals surface area (Å²) >= 11 is 0. The van der Waals surface area contributed by atoms with Gasteiger partial charge in [-0.15, -0.1) is 0 Å². The van der Waals surface area contributed by atoms with Gasteiger partial charge in [0.15, 0.2) is 6.61 Å². The van der Waals surface area contributed by atoms with Crippen LogP contribution in [0.5, 0.6) is 0 Å². The minimum absolute atomic E-state index is 0.0849. The van der Waals surface area contributed by atoms with Crippen LogP contribution in [0.3, 0.4) is 0 Å². The fourth-order valence-electron chi connectivity index (χ4n) is 7.61. The minimum Gasteiger partial charge on any atom is -0.458 e. The van der Waals surface area contributed by atoms with Gasteiger partial charge >= 0.3 is 5.97 Å². The van der Waals surface area contributed by atoms with E-state index in [4.69, 9.17) is 4.74 Å². The third kappa shape index (κ3) is 2.85. The molecule has 160 valence electrons. The van der Waals surface area contributed by atoms with Crippen molar-refractivity contribution in [3.05, 3.63) is 0 Å². The highest BCUT2D eigenvalue weighted by Crippen LogP contribution is 2.67. The van der Waals surface area contributed by atoms with Crippen LogP contribution in [0, 0.1) is 34.5 Å². The lowest BCUT2D eigenvalue weighted by Crippen LogP contribution is -2.62. The molecule has 0 aromatic rings. The van der Waals surface area contributed by atoms with Crippen LogP contribution in [-0.4, -0.2) is 40.6 Å². The summed E-state index contributed by atoms with van der Waals surface area (Å²) in [6.45, 7) is 4.86. The van der Waals surface area contributed by atoms with Crippen LogP contribution < -0.4 is 0 Å². The Balaban J connectivity index is 1.64. The Labute approximate surface area is 171 Å². The van der Waals surface area contributed by atoms with Gasteiger partial charge in [0, 0.05) is 37.5 Å². The SMILES string of the molecule is CC(=O)OCC(=O)[C@@]1(O)CC[C@@H]2[C@@H]3CC[C@H]4CC(=O)CC[C@]4(C)[C@@H]3C(=O)C[C@]21C. The van der Waals surface area contributed by atoms with E-state index in [1.807, 2.05) is 6.92 Å². The normalized spacial score (nSPS) is 46.5. The Hall–Kier alpha value is -1.56. The predicted molar refractivity (Wildman–Crippen MR) is 104 cm³/mol. The molecule has 0 radical (unpaired) electrons. The molecule has 6 nitrogen and oxygen atoms in total. The zero-order valence-corrected chi connectivity index (χ0v) is 17.7. The lowest BCUT2D eigenvalue weighted by atomic mass is 9.44. The number of esters is 1. The van der Waals surface area contributed by atoms with E-state index in [0.717, 1.165) is 19.3 Å². The molecule has 6 heteroatoms. The van der Waals surface area contributed by atoms with Gasteiger partial charge in [0.25, 0.3) is 0 Å². The highest BCUT2D eigenvalue weighted by molar-refractivity contribution is 5.93. The third-order valence-electron chi connectivity index (χ3n) is 9.19. The third-order valence-corrected chi connectivity index (χ3v) is 9.19. The zero-order valence-electron chi connectivity index (χ0n) is 17.7. The molecular weight excluding hydrogens is 372 g/mol.